The number of amides is 1. The van der Waals surface area contributed by atoms with Crippen LogP contribution in [-0.2, 0) is 17.9 Å². The fraction of sp³-hybridized carbons (Fsp3) is 0.421. The lowest BCUT2D eigenvalue weighted by Crippen LogP contribution is -2.42. The zero-order valence-corrected chi connectivity index (χ0v) is 15.5. The van der Waals surface area contributed by atoms with E-state index in [1.54, 1.807) is 19.5 Å². The van der Waals surface area contributed by atoms with E-state index in [9.17, 15) is 4.79 Å². The first-order valence-electron chi connectivity index (χ1n) is 9.12. The fourth-order valence-corrected chi connectivity index (χ4v) is 3.24. The number of aromatic nitrogens is 1. The smallest absolute Gasteiger partial charge is 0.222 e. The summed E-state index contributed by atoms with van der Waals surface area (Å²) in [6, 6.07) is 7.70. The summed E-state index contributed by atoms with van der Waals surface area (Å²) < 4.78 is 5.32. The molecular formula is C19H26N6O2. The van der Waals surface area contributed by atoms with Crippen LogP contribution < -0.4 is 21.3 Å². The molecule has 8 heteroatoms. The number of anilines is 1. The summed E-state index contributed by atoms with van der Waals surface area (Å²) in [5.41, 5.74) is 6.55. The average molecular weight is 370 g/mol. The molecule has 1 aliphatic heterocycles. The molecule has 144 valence electrons. The van der Waals surface area contributed by atoms with Gasteiger partial charge in [0.2, 0.25) is 5.91 Å². The summed E-state index contributed by atoms with van der Waals surface area (Å²) in [6.45, 7) is 2.61. The van der Waals surface area contributed by atoms with E-state index in [0.29, 0.717) is 25.6 Å². The minimum Gasteiger partial charge on any atom is -0.467 e. The van der Waals surface area contributed by atoms with E-state index < -0.39 is 0 Å². The molecule has 27 heavy (non-hydrogen) atoms. The Hall–Kier alpha value is -3.03. The van der Waals surface area contributed by atoms with Crippen LogP contribution in [0.25, 0.3) is 0 Å². The monoisotopic (exact) mass is 370 g/mol. The summed E-state index contributed by atoms with van der Waals surface area (Å²) in [5, 5.41) is 6.51. The molecule has 4 N–H and O–H groups in total. The van der Waals surface area contributed by atoms with Crippen molar-refractivity contribution >= 4 is 17.7 Å². The summed E-state index contributed by atoms with van der Waals surface area (Å²) in [7, 11) is 1.73. The van der Waals surface area contributed by atoms with Crippen molar-refractivity contribution < 1.29 is 9.21 Å². The highest BCUT2D eigenvalue weighted by molar-refractivity contribution is 5.80. The molecule has 0 bridgehead atoms. The van der Waals surface area contributed by atoms with Crippen molar-refractivity contribution in [2.45, 2.75) is 25.9 Å². The van der Waals surface area contributed by atoms with Crippen molar-refractivity contribution in [3.63, 3.8) is 0 Å². The molecule has 3 rings (SSSR count). The number of carbonyl (C=O) groups is 1. The van der Waals surface area contributed by atoms with E-state index in [1.807, 2.05) is 24.3 Å². The van der Waals surface area contributed by atoms with Crippen LogP contribution >= 0.6 is 0 Å². The second-order valence-corrected chi connectivity index (χ2v) is 6.53. The van der Waals surface area contributed by atoms with E-state index >= 15 is 0 Å². The molecule has 0 saturated carbocycles. The zero-order chi connectivity index (χ0) is 19.1. The minimum atomic E-state index is -0.238. The van der Waals surface area contributed by atoms with Gasteiger partial charge in [-0.2, -0.15) is 0 Å². The van der Waals surface area contributed by atoms with E-state index in [4.69, 9.17) is 10.2 Å². The molecule has 1 aliphatic rings. The maximum Gasteiger partial charge on any atom is 0.222 e. The first-order valence-corrected chi connectivity index (χ1v) is 9.12. The number of nitrogens with two attached hydrogens (primary N) is 1. The lowest BCUT2D eigenvalue weighted by Gasteiger charge is -2.33. The number of nitrogens with zero attached hydrogens (tertiary/aromatic N) is 3. The van der Waals surface area contributed by atoms with Gasteiger partial charge in [-0.05, 0) is 31.0 Å². The van der Waals surface area contributed by atoms with Crippen LogP contribution in [0.4, 0.5) is 5.82 Å². The number of piperidine rings is 1. The van der Waals surface area contributed by atoms with Crippen LogP contribution in [0.3, 0.4) is 0 Å². The van der Waals surface area contributed by atoms with Gasteiger partial charge in [-0.3, -0.25) is 9.79 Å². The van der Waals surface area contributed by atoms with Gasteiger partial charge in [0, 0.05) is 38.4 Å². The molecule has 0 aromatic carbocycles. The van der Waals surface area contributed by atoms with Crippen molar-refractivity contribution in [3.8, 4) is 0 Å². The maximum absolute atomic E-state index is 11.6. The number of carbonyl (C=O) groups excluding carboxylic acids is 1. The maximum atomic E-state index is 11.6. The third-order valence-corrected chi connectivity index (χ3v) is 4.67. The molecule has 0 spiro atoms. The van der Waals surface area contributed by atoms with Crippen molar-refractivity contribution in [3.05, 3.63) is 48.0 Å². The molecule has 0 aliphatic carbocycles. The predicted molar refractivity (Wildman–Crippen MR) is 104 cm³/mol. The van der Waals surface area contributed by atoms with E-state index in [1.165, 1.54) is 0 Å². The van der Waals surface area contributed by atoms with Gasteiger partial charge >= 0.3 is 0 Å². The molecule has 0 radical (unpaired) electrons. The van der Waals surface area contributed by atoms with Gasteiger partial charge in [0.25, 0.3) is 0 Å². The number of guanidine groups is 1. The minimum absolute atomic E-state index is 0.121. The van der Waals surface area contributed by atoms with Gasteiger partial charge in [-0.1, -0.05) is 6.07 Å². The van der Waals surface area contributed by atoms with E-state index in [-0.39, 0.29) is 11.8 Å². The number of rotatable bonds is 6. The normalized spacial score (nSPS) is 17.6. The third kappa shape index (κ3) is 4.99. The zero-order valence-electron chi connectivity index (χ0n) is 15.5. The lowest BCUT2D eigenvalue weighted by atomic mass is 9.97. The van der Waals surface area contributed by atoms with Gasteiger partial charge in [0.05, 0.1) is 18.7 Å². The molecule has 1 unspecified atom stereocenters. The third-order valence-electron chi connectivity index (χ3n) is 4.67. The number of hydrogen-bond acceptors (Lipinski definition) is 5. The number of hydrogen-bond donors (Lipinski definition) is 3. The van der Waals surface area contributed by atoms with Crippen LogP contribution in [0.15, 0.2) is 46.1 Å². The fourth-order valence-electron chi connectivity index (χ4n) is 3.24. The topological polar surface area (TPSA) is 109 Å². The second-order valence-electron chi connectivity index (χ2n) is 6.53. The Morgan fingerprint density at radius 3 is 2.96 bits per heavy atom. The number of nitrogens with one attached hydrogen (secondary N) is 2. The van der Waals surface area contributed by atoms with Gasteiger partial charge in [0.1, 0.15) is 11.6 Å². The van der Waals surface area contributed by atoms with Crippen LogP contribution in [0, 0.1) is 5.92 Å². The van der Waals surface area contributed by atoms with E-state index in [0.717, 1.165) is 36.5 Å². The predicted octanol–water partition coefficient (Wildman–Crippen LogP) is 1.24. The highest BCUT2D eigenvalue weighted by atomic mass is 16.3. The Kier molecular flexibility index (Phi) is 6.30. The Labute approximate surface area is 158 Å². The SMILES string of the molecule is CN=C(NCc1ccco1)NCc1cccnc1N1CCCC(C(N)=O)C1. The molecular weight excluding hydrogens is 344 g/mol. The number of pyridine rings is 1. The molecule has 2 aromatic heterocycles. The van der Waals surface area contributed by atoms with Gasteiger partial charge in [-0.15, -0.1) is 0 Å². The lowest BCUT2D eigenvalue weighted by molar-refractivity contribution is -0.122. The Bertz CT molecular complexity index is 774. The van der Waals surface area contributed by atoms with Gasteiger partial charge in [-0.25, -0.2) is 4.98 Å². The first-order chi connectivity index (χ1) is 13.2. The Morgan fingerprint density at radius 2 is 2.22 bits per heavy atom. The van der Waals surface area contributed by atoms with Crippen LogP contribution in [-0.4, -0.2) is 37.0 Å². The molecule has 1 saturated heterocycles. The molecule has 2 aromatic rings. The summed E-state index contributed by atoms with van der Waals surface area (Å²) in [4.78, 5) is 22.5. The van der Waals surface area contributed by atoms with Crippen molar-refractivity contribution in [2.24, 2.45) is 16.6 Å². The van der Waals surface area contributed by atoms with Crippen molar-refractivity contribution in [1.29, 1.82) is 0 Å². The highest BCUT2D eigenvalue weighted by Gasteiger charge is 2.25. The number of primary amides is 1. The Morgan fingerprint density at radius 1 is 1.37 bits per heavy atom. The Balaban J connectivity index is 1.62. The van der Waals surface area contributed by atoms with Crippen molar-refractivity contribution in [2.75, 3.05) is 25.0 Å². The van der Waals surface area contributed by atoms with Gasteiger partial charge in [0.15, 0.2) is 5.96 Å². The molecule has 3 heterocycles. The summed E-state index contributed by atoms with van der Waals surface area (Å²) in [5.74, 6) is 2.04. The molecule has 1 atom stereocenters. The quantitative estimate of drug-likeness (QED) is 0.521. The summed E-state index contributed by atoms with van der Waals surface area (Å²) >= 11 is 0. The van der Waals surface area contributed by atoms with Crippen LogP contribution in [0.2, 0.25) is 0 Å². The average Bonchev–Trinajstić information content (AvgIpc) is 3.22. The molecule has 1 amide bonds. The van der Waals surface area contributed by atoms with E-state index in [2.05, 4.69) is 25.5 Å². The van der Waals surface area contributed by atoms with Crippen LogP contribution in [0.1, 0.15) is 24.2 Å². The molecule has 8 nitrogen and oxygen atoms in total. The largest absolute Gasteiger partial charge is 0.467 e. The number of aliphatic imine (C=N–C) groups is 1. The number of furan rings is 1. The van der Waals surface area contributed by atoms with Crippen LogP contribution in [0.5, 0.6) is 0 Å². The second kappa shape index (κ2) is 9.07. The highest BCUT2D eigenvalue weighted by Crippen LogP contribution is 2.24. The summed E-state index contributed by atoms with van der Waals surface area (Å²) in [6.07, 6.45) is 5.20. The van der Waals surface area contributed by atoms with Crippen molar-refractivity contribution in [1.82, 2.24) is 15.6 Å². The first kappa shape index (κ1) is 18.8. The standard InChI is InChI=1S/C19H26N6O2/c1-21-19(24-12-16-7-4-10-27-16)23-11-14-5-2-8-22-18(14)25-9-3-6-15(13-25)17(20)26/h2,4-5,7-8,10,15H,3,6,9,11-13H2,1H3,(H2,20,26)(H2,21,23,24). The molecule has 1 fully saturated rings. The van der Waals surface area contributed by atoms with Gasteiger partial charge < -0.3 is 25.7 Å².